The smallest absolute Gasteiger partial charge is 0.157 e. The van der Waals surface area contributed by atoms with Crippen molar-refractivity contribution in [1.29, 1.82) is 0 Å². The summed E-state index contributed by atoms with van der Waals surface area (Å²) in [7, 11) is 1.72. The molecule has 0 aromatic carbocycles. The molecule has 1 N–H and O–H groups in total. The average molecular weight is 294 g/mol. The highest BCUT2D eigenvalue weighted by atomic mass is 16.5. The molecule has 0 radical (unpaired) electrons. The van der Waals surface area contributed by atoms with Crippen molar-refractivity contribution in [3.05, 3.63) is 11.6 Å². The lowest BCUT2D eigenvalue weighted by Gasteiger charge is -2.27. The van der Waals surface area contributed by atoms with Crippen LogP contribution in [0, 0.1) is 0 Å². The van der Waals surface area contributed by atoms with E-state index in [9.17, 15) is 0 Å². The van der Waals surface area contributed by atoms with Gasteiger partial charge in [0.2, 0.25) is 0 Å². The minimum Gasteiger partial charge on any atom is -0.384 e. The third kappa shape index (κ3) is 3.62. The van der Waals surface area contributed by atoms with Crippen LogP contribution in [0.25, 0.3) is 0 Å². The van der Waals surface area contributed by atoms with E-state index in [1.165, 1.54) is 32.1 Å². The van der Waals surface area contributed by atoms with Gasteiger partial charge in [-0.15, -0.1) is 0 Å². The zero-order valence-corrected chi connectivity index (χ0v) is 12.9. The van der Waals surface area contributed by atoms with E-state index in [-0.39, 0.29) is 6.10 Å². The van der Waals surface area contributed by atoms with Crippen LogP contribution in [0.4, 0.5) is 0 Å². The molecule has 6 nitrogen and oxygen atoms in total. The van der Waals surface area contributed by atoms with Crippen LogP contribution in [0.1, 0.15) is 55.9 Å². The van der Waals surface area contributed by atoms with Gasteiger partial charge < -0.3 is 14.8 Å². The zero-order valence-electron chi connectivity index (χ0n) is 12.9. The van der Waals surface area contributed by atoms with E-state index in [1.54, 1.807) is 7.11 Å². The molecular weight excluding hydrogens is 268 g/mol. The number of hydrogen-bond donors (Lipinski definition) is 1. The SMILES string of the molecule is COCCc1nc([C@H]2CNCCO2)n(C2CCCCC2)n1. The maximum Gasteiger partial charge on any atom is 0.157 e. The van der Waals surface area contributed by atoms with E-state index in [4.69, 9.17) is 19.6 Å². The summed E-state index contributed by atoms with van der Waals surface area (Å²) in [6.07, 6.45) is 7.15. The second-order valence-corrected chi connectivity index (χ2v) is 5.93. The molecule has 1 aliphatic carbocycles. The molecule has 2 aliphatic rings. The van der Waals surface area contributed by atoms with Gasteiger partial charge in [0.15, 0.2) is 11.6 Å². The lowest BCUT2D eigenvalue weighted by molar-refractivity contribution is 0.0176. The number of ether oxygens (including phenoxy) is 2. The lowest BCUT2D eigenvalue weighted by atomic mass is 9.95. The summed E-state index contributed by atoms with van der Waals surface area (Å²) in [5.74, 6) is 1.88. The number of nitrogens with zero attached hydrogens (tertiary/aromatic N) is 3. The van der Waals surface area contributed by atoms with Crippen LogP contribution < -0.4 is 5.32 Å². The van der Waals surface area contributed by atoms with Crippen molar-refractivity contribution in [3.63, 3.8) is 0 Å². The summed E-state index contributed by atoms with van der Waals surface area (Å²) < 4.78 is 13.2. The molecule has 1 aromatic rings. The zero-order chi connectivity index (χ0) is 14.5. The van der Waals surface area contributed by atoms with E-state index >= 15 is 0 Å². The number of methoxy groups -OCH3 is 1. The van der Waals surface area contributed by atoms with Crippen LogP contribution in [-0.4, -0.2) is 48.2 Å². The molecular formula is C15H26N4O2. The Morgan fingerprint density at radius 3 is 2.90 bits per heavy atom. The fraction of sp³-hybridized carbons (Fsp3) is 0.867. The molecule has 0 amide bonds. The number of aromatic nitrogens is 3. The molecule has 1 aliphatic heterocycles. The first-order valence-electron chi connectivity index (χ1n) is 8.15. The number of nitrogens with one attached hydrogen (secondary N) is 1. The third-order valence-corrected chi connectivity index (χ3v) is 4.37. The molecule has 1 aromatic heterocycles. The standard InChI is InChI=1S/C15H26N4O2/c1-20-9-7-14-17-15(13-11-16-8-10-21-13)19(18-14)12-5-3-2-4-6-12/h12-13,16H,2-11H2,1H3/t13-/m1/s1. The van der Waals surface area contributed by atoms with E-state index in [1.807, 2.05) is 0 Å². The Kier molecular flexibility index (Phi) is 5.22. The first kappa shape index (κ1) is 14.9. The van der Waals surface area contributed by atoms with Crippen LogP contribution in [0.15, 0.2) is 0 Å². The fourth-order valence-corrected chi connectivity index (χ4v) is 3.23. The highest BCUT2D eigenvalue weighted by Gasteiger charge is 2.27. The first-order valence-corrected chi connectivity index (χ1v) is 8.15. The van der Waals surface area contributed by atoms with E-state index < -0.39 is 0 Å². The monoisotopic (exact) mass is 294 g/mol. The molecule has 0 unspecified atom stereocenters. The van der Waals surface area contributed by atoms with Gasteiger partial charge in [-0.1, -0.05) is 19.3 Å². The van der Waals surface area contributed by atoms with Crippen LogP contribution >= 0.6 is 0 Å². The summed E-state index contributed by atoms with van der Waals surface area (Å²) in [4.78, 5) is 4.75. The van der Waals surface area contributed by atoms with Gasteiger partial charge >= 0.3 is 0 Å². The first-order chi connectivity index (χ1) is 10.4. The minimum atomic E-state index is 0.0319. The van der Waals surface area contributed by atoms with Crippen LogP contribution in [0.5, 0.6) is 0 Å². The second-order valence-electron chi connectivity index (χ2n) is 5.93. The summed E-state index contributed by atoms with van der Waals surface area (Å²) in [6.45, 7) is 3.16. The molecule has 21 heavy (non-hydrogen) atoms. The van der Waals surface area contributed by atoms with Gasteiger partial charge in [0.25, 0.3) is 0 Å². The van der Waals surface area contributed by atoms with Crippen molar-refractivity contribution in [1.82, 2.24) is 20.1 Å². The molecule has 0 bridgehead atoms. The largest absolute Gasteiger partial charge is 0.384 e. The lowest BCUT2D eigenvalue weighted by Crippen LogP contribution is -2.35. The van der Waals surface area contributed by atoms with Gasteiger partial charge in [-0.05, 0) is 12.8 Å². The van der Waals surface area contributed by atoms with Crippen LogP contribution in [0.3, 0.4) is 0 Å². The van der Waals surface area contributed by atoms with E-state index in [0.29, 0.717) is 12.6 Å². The van der Waals surface area contributed by atoms with Crippen molar-refractivity contribution in [2.75, 3.05) is 33.4 Å². The number of hydrogen-bond acceptors (Lipinski definition) is 5. The van der Waals surface area contributed by atoms with Crippen molar-refractivity contribution in [2.24, 2.45) is 0 Å². The molecule has 118 valence electrons. The molecule has 1 atom stereocenters. The predicted molar refractivity (Wildman–Crippen MR) is 79.3 cm³/mol. The molecule has 1 saturated heterocycles. The maximum absolute atomic E-state index is 5.90. The van der Waals surface area contributed by atoms with Crippen molar-refractivity contribution >= 4 is 0 Å². The highest BCUT2D eigenvalue weighted by molar-refractivity contribution is 5.01. The molecule has 1 saturated carbocycles. The summed E-state index contributed by atoms with van der Waals surface area (Å²) in [5, 5.41) is 8.15. The van der Waals surface area contributed by atoms with E-state index in [2.05, 4.69) is 10.00 Å². The number of morpholine rings is 1. The second kappa shape index (κ2) is 7.33. The highest BCUT2D eigenvalue weighted by Crippen LogP contribution is 2.30. The Hall–Kier alpha value is -0.980. The van der Waals surface area contributed by atoms with Gasteiger partial charge in [0.05, 0.1) is 19.3 Å². The van der Waals surface area contributed by atoms with Crippen LogP contribution in [0.2, 0.25) is 0 Å². The third-order valence-electron chi connectivity index (χ3n) is 4.37. The van der Waals surface area contributed by atoms with Crippen molar-refractivity contribution in [3.8, 4) is 0 Å². The molecule has 2 heterocycles. The Labute approximate surface area is 126 Å². The summed E-state index contributed by atoms with van der Waals surface area (Å²) >= 11 is 0. The van der Waals surface area contributed by atoms with Crippen LogP contribution in [-0.2, 0) is 15.9 Å². The quantitative estimate of drug-likeness (QED) is 0.894. The predicted octanol–water partition coefficient (Wildman–Crippen LogP) is 1.63. The van der Waals surface area contributed by atoms with E-state index in [0.717, 1.165) is 37.8 Å². The van der Waals surface area contributed by atoms with Gasteiger partial charge in [0.1, 0.15) is 6.10 Å². The molecule has 2 fully saturated rings. The van der Waals surface area contributed by atoms with Gasteiger partial charge in [-0.2, -0.15) is 5.10 Å². The Morgan fingerprint density at radius 1 is 1.33 bits per heavy atom. The Bertz CT molecular complexity index is 401. The van der Waals surface area contributed by atoms with Crippen molar-refractivity contribution < 1.29 is 9.47 Å². The Balaban J connectivity index is 1.81. The summed E-state index contributed by atoms with van der Waals surface area (Å²) in [5.41, 5.74) is 0. The topological polar surface area (TPSA) is 61.2 Å². The van der Waals surface area contributed by atoms with Crippen molar-refractivity contribution in [2.45, 2.75) is 50.7 Å². The maximum atomic E-state index is 5.90. The molecule has 6 heteroatoms. The average Bonchev–Trinajstić information content (AvgIpc) is 2.99. The fourth-order valence-electron chi connectivity index (χ4n) is 3.23. The summed E-state index contributed by atoms with van der Waals surface area (Å²) in [6, 6.07) is 0.489. The molecule has 3 rings (SSSR count). The number of rotatable bonds is 5. The van der Waals surface area contributed by atoms with Gasteiger partial charge in [0, 0.05) is 26.6 Å². The normalized spacial score (nSPS) is 24.3. The van der Waals surface area contributed by atoms with Gasteiger partial charge in [-0.3, -0.25) is 0 Å². The molecule has 0 spiro atoms. The van der Waals surface area contributed by atoms with Gasteiger partial charge in [-0.25, -0.2) is 9.67 Å². The Morgan fingerprint density at radius 2 is 2.19 bits per heavy atom. The minimum absolute atomic E-state index is 0.0319.